The Hall–Kier alpha value is -2.01. The molecule has 0 atom stereocenters. The van der Waals surface area contributed by atoms with E-state index >= 15 is 0 Å². The van der Waals surface area contributed by atoms with Crippen LogP contribution in [0.1, 0.15) is 11.4 Å². The molecule has 0 amide bonds. The second-order valence-corrected chi connectivity index (χ2v) is 4.52. The molecule has 0 fully saturated rings. The molecule has 1 heterocycles. The normalized spacial score (nSPS) is 10.6. The first-order chi connectivity index (χ1) is 9.74. The van der Waals surface area contributed by atoms with Crippen LogP contribution >= 0.6 is 0 Å². The maximum Gasteiger partial charge on any atom is 0.124 e. The van der Waals surface area contributed by atoms with E-state index in [1.54, 1.807) is 13.3 Å². The van der Waals surface area contributed by atoms with Crippen molar-refractivity contribution in [3.05, 3.63) is 42.0 Å². The van der Waals surface area contributed by atoms with Gasteiger partial charge in [-0.25, -0.2) is 4.98 Å². The third-order valence-corrected chi connectivity index (χ3v) is 3.15. The molecule has 0 aliphatic rings. The first-order valence-corrected chi connectivity index (χ1v) is 6.66. The zero-order valence-corrected chi connectivity index (χ0v) is 12.2. The minimum Gasteiger partial charge on any atom is -0.497 e. The van der Waals surface area contributed by atoms with Crippen molar-refractivity contribution in [3.63, 3.8) is 0 Å². The molecular formula is C15H21N3O2. The zero-order valence-electron chi connectivity index (χ0n) is 12.2. The van der Waals surface area contributed by atoms with Crippen molar-refractivity contribution in [1.29, 1.82) is 0 Å². The number of nitrogens with one attached hydrogen (secondary N) is 1. The van der Waals surface area contributed by atoms with Gasteiger partial charge in [-0.15, -0.1) is 0 Å². The van der Waals surface area contributed by atoms with Crippen LogP contribution in [0.25, 0.3) is 0 Å². The van der Waals surface area contributed by atoms with Crippen LogP contribution in [-0.2, 0) is 13.1 Å². The number of nitrogens with zero attached hydrogens (tertiary/aromatic N) is 2. The van der Waals surface area contributed by atoms with Gasteiger partial charge < -0.3 is 19.4 Å². The molecule has 5 nitrogen and oxygen atoms in total. The first-order valence-electron chi connectivity index (χ1n) is 6.66. The van der Waals surface area contributed by atoms with Crippen molar-refractivity contribution >= 4 is 0 Å². The van der Waals surface area contributed by atoms with Gasteiger partial charge in [-0.05, 0) is 32.2 Å². The molecule has 2 rings (SSSR count). The second kappa shape index (κ2) is 6.96. The van der Waals surface area contributed by atoms with Gasteiger partial charge in [0.2, 0.25) is 0 Å². The number of aromatic nitrogens is 2. The third-order valence-electron chi connectivity index (χ3n) is 3.15. The molecule has 0 unspecified atom stereocenters. The molecule has 108 valence electrons. The van der Waals surface area contributed by atoms with Gasteiger partial charge in [0.15, 0.2) is 0 Å². The van der Waals surface area contributed by atoms with Crippen LogP contribution in [0.5, 0.6) is 11.5 Å². The van der Waals surface area contributed by atoms with E-state index in [0.717, 1.165) is 36.0 Å². The fourth-order valence-corrected chi connectivity index (χ4v) is 2.05. The number of methoxy groups -OCH3 is 1. The average Bonchev–Trinajstić information content (AvgIpc) is 2.86. The van der Waals surface area contributed by atoms with Gasteiger partial charge in [0.1, 0.15) is 23.9 Å². The Morgan fingerprint density at radius 1 is 1.35 bits per heavy atom. The predicted molar refractivity (Wildman–Crippen MR) is 78.2 cm³/mol. The molecule has 1 aromatic carbocycles. The van der Waals surface area contributed by atoms with Crippen LogP contribution in [0.2, 0.25) is 0 Å². The molecule has 0 spiro atoms. The summed E-state index contributed by atoms with van der Waals surface area (Å²) in [7, 11) is 3.58. The molecule has 20 heavy (non-hydrogen) atoms. The number of imidazole rings is 1. The van der Waals surface area contributed by atoms with E-state index in [-0.39, 0.29) is 0 Å². The number of benzene rings is 1. The lowest BCUT2D eigenvalue weighted by molar-refractivity contribution is 0.293. The van der Waals surface area contributed by atoms with Crippen molar-refractivity contribution in [1.82, 2.24) is 14.9 Å². The monoisotopic (exact) mass is 275 g/mol. The van der Waals surface area contributed by atoms with Gasteiger partial charge in [0, 0.05) is 24.5 Å². The van der Waals surface area contributed by atoms with Crippen LogP contribution in [-0.4, -0.2) is 30.3 Å². The molecule has 5 heteroatoms. The van der Waals surface area contributed by atoms with E-state index in [0.29, 0.717) is 6.61 Å². The minimum atomic E-state index is 0.611. The molecule has 1 N–H and O–H groups in total. The lowest BCUT2D eigenvalue weighted by Crippen LogP contribution is -2.12. The molecule has 0 saturated carbocycles. The first kappa shape index (κ1) is 14.4. The summed E-state index contributed by atoms with van der Waals surface area (Å²) >= 11 is 0. The fourth-order valence-electron chi connectivity index (χ4n) is 2.05. The van der Waals surface area contributed by atoms with Gasteiger partial charge in [-0.2, -0.15) is 0 Å². The smallest absolute Gasteiger partial charge is 0.124 e. The minimum absolute atomic E-state index is 0.611. The molecule has 1 aromatic heterocycles. The summed E-state index contributed by atoms with van der Waals surface area (Å²) in [5.74, 6) is 2.73. The van der Waals surface area contributed by atoms with Crippen LogP contribution in [0.3, 0.4) is 0 Å². The lowest BCUT2D eigenvalue weighted by Gasteiger charge is -2.13. The number of aryl methyl sites for hydroxylation is 1. The average molecular weight is 275 g/mol. The largest absolute Gasteiger partial charge is 0.497 e. The van der Waals surface area contributed by atoms with E-state index in [1.807, 2.05) is 38.4 Å². The standard InChI is InChI=1S/C15H21N3O2/c1-12-17-6-7-18(12)8-9-20-15-5-4-14(19-3)10-13(15)11-16-2/h4-7,10,16H,8-9,11H2,1-3H3. The highest BCUT2D eigenvalue weighted by molar-refractivity contribution is 5.40. The topological polar surface area (TPSA) is 48.3 Å². The van der Waals surface area contributed by atoms with Crippen molar-refractivity contribution in [2.75, 3.05) is 20.8 Å². The van der Waals surface area contributed by atoms with Gasteiger partial charge in [0.05, 0.1) is 13.7 Å². The van der Waals surface area contributed by atoms with Crippen molar-refractivity contribution < 1.29 is 9.47 Å². The van der Waals surface area contributed by atoms with E-state index in [4.69, 9.17) is 9.47 Å². The summed E-state index contributed by atoms with van der Waals surface area (Å²) in [5.41, 5.74) is 1.09. The van der Waals surface area contributed by atoms with Gasteiger partial charge >= 0.3 is 0 Å². The summed E-state index contributed by atoms with van der Waals surface area (Å²) in [6.45, 7) is 4.13. The lowest BCUT2D eigenvalue weighted by atomic mass is 10.2. The highest BCUT2D eigenvalue weighted by atomic mass is 16.5. The zero-order chi connectivity index (χ0) is 14.4. The van der Waals surface area contributed by atoms with Crippen molar-refractivity contribution in [2.24, 2.45) is 0 Å². The number of rotatable bonds is 7. The Morgan fingerprint density at radius 3 is 2.85 bits per heavy atom. The Morgan fingerprint density at radius 2 is 2.20 bits per heavy atom. The van der Waals surface area contributed by atoms with Crippen LogP contribution in [0.15, 0.2) is 30.6 Å². The van der Waals surface area contributed by atoms with E-state index < -0.39 is 0 Å². The maximum absolute atomic E-state index is 5.87. The number of hydrogen-bond acceptors (Lipinski definition) is 4. The Labute approximate surface area is 119 Å². The molecular weight excluding hydrogens is 254 g/mol. The van der Waals surface area contributed by atoms with Gasteiger partial charge in [0.25, 0.3) is 0 Å². The van der Waals surface area contributed by atoms with Crippen LogP contribution in [0, 0.1) is 6.92 Å². The summed E-state index contributed by atoms with van der Waals surface area (Å²) in [5, 5.41) is 3.14. The molecule has 0 aliphatic carbocycles. The Bertz CT molecular complexity index is 552. The Kier molecular flexibility index (Phi) is 5.01. The third kappa shape index (κ3) is 3.51. The summed E-state index contributed by atoms with van der Waals surface area (Å²) in [6, 6.07) is 5.86. The van der Waals surface area contributed by atoms with E-state index in [1.165, 1.54) is 0 Å². The predicted octanol–water partition coefficient (Wildman–Crippen LogP) is 2.00. The highest BCUT2D eigenvalue weighted by Crippen LogP contribution is 2.24. The molecule has 0 aliphatic heterocycles. The highest BCUT2D eigenvalue weighted by Gasteiger charge is 2.05. The van der Waals surface area contributed by atoms with Crippen LogP contribution < -0.4 is 14.8 Å². The van der Waals surface area contributed by atoms with Gasteiger partial charge in [-0.1, -0.05) is 0 Å². The van der Waals surface area contributed by atoms with E-state index in [9.17, 15) is 0 Å². The number of hydrogen-bond donors (Lipinski definition) is 1. The number of ether oxygens (including phenoxy) is 2. The summed E-state index contributed by atoms with van der Waals surface area (Å²) in [6.07, 6.45) is 3.76. The molecule has 0 bridgehead atoms. The van der Waals surface area contributed by atoms with Crippen molar-refractivity contribution in [3.8, 4) is 11.5 Å². The summed E-state index contributed by atoms with van der Waals surface area (Å²) in [4.78, 5) is 4.19. The SMILES string of the molecule is CNCc1cc(OC)ccc1OCCn1ccnc1C. The molecule has 0 radical (unpaired) electrons. The molecule has 2 aromatic rings. The summed E-state index contributed by atoms with van der Waals surface area (Å²) < 4.78 is 13.2. The van der Waals surface area contributed by atoms with Crippen molar-refractivity contribution in [2.45, 2.75) is 20.0 Å². The molecule has 0 saturated heterocycles. The maximum atomic E-state index is 5.87. The van der Waals surface area contributed by atoms with Crippen LogP contribution in [0.4, 0.5) is 0 Å². The van der Waals surface area contributed by atoms with Gasteiger partial charge in [-0.3, -0.25) is 0 Å². The Balaban J connectivity index is 1.99. The van der Waals surface area contributed by atoms with E-state index in [2.05, 4.69) is 14.9 Å². The second-order valence-electron chi connectivity index (χ2n) is 4.52. The quantitative estimate of drug-likeness (QED) is 0.839. The fraction of sp³-hybridized carbons (Fsp3) is 0.400.